The van der Waals surface area contributed by atoms with E-state index in [2.05, 4.69) is 21.4 Å². The Kier molecular flexibility index (Phi) is 5.27. The van der Waals surface area contributed by atoms with Crippen LogP contribution in [0.2, 0.25) is 0 Å². The minimum Gasteiger partial charge on any atom is -0.497 e. The highest BCUT2D eigenvalue weighted by atomic mass is 79.9. The van der Waals surface area contributed by atoms with Crippen LogP contribution in [0.1, 0.15) is 17.2 Å². The second-order valence-corrected chi connectivity index (χ2v) is 5.38. The van der Waals surface area contributed by atoms with Gasteiger partial charge in [-0.3, -0.25) is 11.3 Å². The largest absolute Gasteiger partial charge is 0.497 e. The van der Waals surface area contributed by atoms with Gasteiger partial charge in [0.05, 0.1) is 17.6 Å². The smallest absolute Gasteiger partial charge is 0.145 e. The number of hydrazine groups is 1. The van der Waals surface area contributed by atoms with Gasteiger partial charge in [0.25, 0.3) is 0 Å². The van der Waals surface area contributed by atoms with Crippen LogP contribution in [0.5, 0.6) is 5.75 Å². The number of rotatable bonds is 5. The molecular formula is C15H15BrF2N2O. The zero-order valence-corrected chi connectivity index (χ0v) is 13.0. The number of benzene rings is 2. The van der Waals surface area contributed by atoms with Crippen molar-refractivity contribution in [1.29, 1.82) is 0 Å². The van der Waals surface area contributed by atoms with Crippen LogP contribution in [0.25, 0.3) is 0 Å². The summed E-state index contributed by atoms with van der Waals surface area (Å²) < 4.78 is 33.3. The molecule has 1 atom stereocenters. The highest BCUT2D eigenvalue weighted by molar-refractivity contribution is 9.10. The maximum absolute atomic E-state index is 14.1. The van der Waals surface area contributed by atoms with Crippen molar-refractivity contribution in [2.45, 2.75) is 12.5 Å². The molecule has 21 heavy (non-hydrogen) atoms. The van der Waals surface area contributed by atoms with E-state index in [-0.39, 0.29) is 10.0 Å². The Hall–Kier alpha value is -1.50. The minimum absolute atomic E-state index is 0.0808. The third-order valence-corrected chi connectivity index (χ3v) is 3.84. The van der Waals surface area contributed by atoms with Crippen LogP contribution in [0.3, 0.4) is 0 Å². The molecule has 0 aromatic heterocycles. The van der Waals surface area contributed by atoms with E-state index >= 15 is 0 Å². The fourth-order valence-electron chi connectivity index (χ4n) is 2.10. The molecule has 0 amide bonds. The van der Waals surface area contributed by atoms with Gasteiger partial charge in [0.2, 0.25) is 0 Å². The summed E-state index contributed by atoms with van der Waals surface area (Å²) in [6.45, 7) is 0. The van der Waals surface area contributed by atoms with Gasteiger partial charge in [0.1, 0.15) is 17.4 Å². The molecule has 0 radical (unpaired) electrons. The van der Waals surface area contributed by atoms with Gasteiger partial charge < -0.3 is 4.74 Å². The second-order valence-electron chi connectivity index (χ2n) is 4.53. The highest BCUT2D eigenvalue weighted by Crippen LogP contribution is 2.28. The van der Waals surface area contributed by atoms with Crippen LogP contribution in [-0.2, 0) is 6.42 Å². The molecule has 0 spiro atoms. The average molecular weight is 357 g/mol. The summed E-state index contributed by atoms with van der Waals surface area (Å²) in [7, 11) is 1.57. The Balaban J connectivity index is 2.29. The first-order valence-electron chi connectivity index (χ1n) is 6.29. The molecule has 0 saturated heterocycles. The number of hydrogen-bond acceptors (Lipinski definition) is 3. The summed E-state index contributed by atoms with van der Waals surface area (Å²) in [5, 5.41) is 0. The van der Waals surface area contributed by atoms with E-state index in [0.717, 1.165) is 11.3 Å². The van der Waals surface area contributed by atoms with Gasteiger partial charge in [-0.05, 0) is 52.2 Å². The summed E-state index contributed by atoms with van der Waals surface area (Å²) in [6, 6.07) is 9.10. The van der Waals surface area contributed by atoms with Crippen molar-refractivity contribution in [2.75, 3.05) is 7.11 Å². The lowest BCUT2D eigenvalue weighted by molar-refractivity contribution is 0.414. The van der Waals surface area contributed by atoms with Gasteiger partial charge in [-0.1, -0.05) is 12.1 Å². The fraction of sp³-hybridized carbons (Fsp3) is 0.200. The molecule has 0 fully saturated rings. The molecule has 0 aliphatic carbocycles. The van der Waals surface area contributed by atoms with Gasteiger partial charge >= 0.3 is 0 Å². The molecule has 3 N–H and O–H groups in total. The van der Waals surface area contributed by atoms with E-state index in [9.17, 15) is 8.78 Å². The van der Waals surface area contributed by atoms with Crippen LogP contribution in [-0.4, -0.2) is 7.11 Å². The third kappa shape index (κ3) is 3.58. The first-order valence-corrected chi connectivity index (χ1v) is 7.08. The number of ether oxygens (including phenoxy) is 1. The predicted octanol–water partition coefficient (Wildman–Crippen LogP) is 3.48. The van der Waals surface area contributed by atoms with E-state index in [1.807, 2.05) is 12.1 Å². The molecule has 0 aliphatic heterocycles. The number of hydrogen-bond donors (Lipinski definition) is 2. The number of nitrogens with one attached hydrogen (secondary N) is 1. The van der Waals surface area contributed by atoms with Gasteiger partial charge in [0, 0.05) is 5.56 Å². The number of halogens is 3. The normalized spacial score (nSPS) is 12.2. The van der Waals surface area contributed by atoms with E-state index < -0.39 is 17.7 Å². The molecule has 0 saturated carbocycles. The average Bonchev–Trinajstić information content (AvgIpc) is 2.51. The molecule has 6 heteroatoms. The highest BCUT2D eigenvalue weighted by Gasteiger charge is 2.21. The molecule has 2 aromatic carbocycles. The summed E-state index contributed by atoms with van der Waals surface area (Å²) >= 11 is 3.06. The predicted molar refractivity (Wildman–Crippen MR) is 80.8 cm³/mol. The Morgan fingerprint density at radius 1 is 1.19 bits per heavy atom. The molecule has 2 aromatic rings. The molecule has 2 rings (SSSR count). The van der Waals surface area contributed by atoms with Crippen LogP contribution in [0.4, 0.5) is 8.78 Å². The molecule has 112 valence electrons. The van der Waals surface area contributed by atoms with Gasteiger partial charge in [0.15, 0.2) is 0 Å². The van der Waals surface area contributed by atoms with Gasteiger partial charge in [-0.15, -0.1) is 0 Å². The second kappa shape index (κ2) is 6.98. The molecule has 3 nitrogen and oxygen atoms in total. The van der Waals surface area contributed by atoms with Gasteiger partial charge in [-0.2, -0.15) is 0 Å². The Morgan fingerprint density at radius 2 is 1.86 bits per heavy atom. The van der Waals surface area contributed by atoms with E-state index in [1.165, 1.54) is 12.1 Å². The standard InChI is InChI=1S/C15H15BrF2N2O/c1-21-10-4-2-9(3-5-10)8-13(20-19)14-12(17)7-6-11(16)15(14)18/h2-7,13,20H,8,19H2,1H3. The Labute approximate surface area is 130 Å². The molecule has 0 heterocycles. The lowest BCUT2D eigenvalue weighted by Gasteiger charge is -2.18. The van der Waals surface area contributed by atoms with E-state index in [1.54, 1.807) is 19.2 Å². The summed E-state index contributed by atoms with van der Waals surface area (Å²) in [4.78, 5) is 0. The zero-order valence-electron chi connectivity index (χ0n) is 11.4. The SMILES string of the molecule is COc1ccc(CC(NN)c2c(F)ccc(Br)c2F)cc1. The van der Waals surface area contributed by atoms with Crippen LogP contribution >= 0.6 is 15.9 Å². The first-order chi connectivity index (χ1) is 10.1. The Bertz CT molecular complexity index is 620. The number of methoxy groups -OCH3 is 1. The van der Waals surface area contributed by atoms with Crippen molar-refractivity contribution in [3.8, 4) is 5.75 Å². The molecule has 0 aliphatic rings. The molecule has 1 unspecified atom stereocenters. The van der Waals surface area contributed by atoms with Crippen molar-refractivity contribution in [2.24, 2.45) is 5.84 Å². The maximum atomic E-state index is 14.1. The monoisotopic (exact) mass is 356 g/mol. The van der Waals surface area contributed by atoms with Crippen molar-refractivity contribution >= 4 is 15.9 Å². The fourth-order valence-corrected chi connectivity index (χ4v) is 2.45. The quantitative estimate of drug-likeness (QED) is 0.489. The van der Waals surface area contributed by atoms with E-state index in [4.69, 9.17) is 10.6 Å². The van der Waals surface area contributed by atoms with E-state index in [0.29, 0.717) is 6.42 Å². The minimum atomic E-state index is -0.670. The lowest BCUT2D eigenvalue weighted by atomic mass is 9.98. The first kappa shape index (κ1) is 15.9. The van der Waals surface area contributed by atoms with Crippen molar-refractivity contribution in [3.63, 3.8) is 0 Å². The van der Waals surface area contributed by atoms with Crippen molar-refractivity contribution in [1.82, 2.24) is 5.43 Å². The maximum Gasteiger partial charge on any atom is 0.145 e. The van der Waals surface area contributed by atoms with Crippen molar-refractivity contribution in [3.05, 3.63) is 63.6 Å². The molecular weight excluding hydrogens is 342 g/mol. The molecule has 0 bridgehead atoms. The van der Waals surface area contributed by atoms with Gasteiger partial charge in [-0.25, -0.2) is 8.78 Å². The summed E-state index contributed by atoms with van der Waals surface area (Å²) in [5.74, 6) is 4.91. The lowest BCUT2D eigenvalue weighted by Crippen LogP contribution is -2.31. The topological polar surface area (TPSA) is 47.3 Å². The van der Waals surface area contributed by atoms with Crippen LogP contribution in [0, 0.1) is 11.6 Å². The third-order valence-electron chi connectivity index (χ3n) is 3.23. The van der Waals surface area contributed by atoms with Crippen molar-refractivity contribution < 1.29 is 13.5 Å². The summed E-state index contributed by atoms with van der Waals surface area (Å²) in [5.41, 5.74) is 3.28. The van der Waals surface area contributed by atoms with Crippen LogP contribution in [0.15, 0.2) is 40.9 Å². The zero-order chi connectivity index (χ0) is 15.4. The summed E-state index contributed by atoms with van der Waals surface area (Å²) in [6.07, 6.45) is 0.352. The van der Waals surface area contributed by atoms with Crippen LogP contribution < -0.4 is 16.0 Å². The Morgan fingerprint density at radius 3 is 2.43 bits per heavy atom. The number of nitrogens with two attached hydrogens (primary N) is 1.